The van der Waals surface area contributed by atoms with Crippen LogP contribution in [0.15, 0.2) is 18.2 Å². The smallest absolute Gasteiger partial charge is 0.252 e. The summed E-state index contributed by atoms with van der Waals surface area (Å²) in [6, 6.07) is 4.89. The Bertz CT molecular complexity index is 422. The third kappa shape index (κ3) is 2.79. The Kier molecular flexibility index (Phi) is 4.66. The first-order valence-corrected chi connectivity index (χ1v) is 5.50. The highest BCUT2D eigenvalue weighted by Crippen LogP contribution is 2.16. The van der Waals surface area contributed by atoms with Crippen LogP contribution in [-0.4, -0.2) is 46.6 Å². The highest BCUT2D eigenvalue weighted by Gasteiger charge is 2.30. The SMILES string of the molecule is Cc1c(N)cccc1C(=O)NC(CO)(CO)CO. The van der Waals surface area contributed by atoms with E-state index in [9.17, 15) is 4.79 Å². The molecule has 0 spiro atoms. The van der Waals surface area contributed by atoms with Gasteiger partial charge in [0, 0.05) is 11.3 Å². The fourth-order valence-electron chi connectivity index (χ4n) is 1.48. The summed E-state index contributed by atoms with van der Waals surface area (Å²) in [5.74, 6) is -0.503. The number of amides is 1. The first kappa shape index (κ1) is 14.4. The lowest BCUT2D eigenvalue weighted by Crippen LogP contribution is -2.57. The molecule has 1 rings (SSSR count). The average Bonchev–Trinajstić information content (AvgIpc) is 2.39. The molecule has 0 aliphatic carbocycles. The lowest BCUT2D eigenvalue weighted by Gasteiger charge is -2.29. The molecule has 0 bridgehead atoms. The highest BCUT2D eigenvalue weighted by molar-refractivity contribution is 5.97. The molecule has 0 aromatic heterocycles. The summed E-state index contributed by atoms with van der Waals surface area (Å²) < 4.78 is 0. The minimum atomic E-state index is -1.44. The fraction of sp³-hybridized carbons (Fsp3) is 0.417. The summed E-state index contributed by atoms with van der Waals surface area (Å²) in [7, 11) is 0. The quantitative estimate of drug-likeness (QED) is 0.433. The minimum absolute atomic E-state index is 0.342. The molecule has 0 saturated carbocycles. The number of hydrogen-bond donors (Lipinski definition) is 5. The van der Waals surface area contributed by atoms with Crippen molar-refractivity contribution >= 4 is 11.6 Å². The van der Waals surface area contributed by atoms with E-state index in [1.54, 1.807) is 25.1 Å². The number of carbonyl (C=O) groups excluding carboxylic acids is 1. The molecule has 1 aromatic rings. The van der Waals surface area contributed by atoms with Crippen LogP contribution >= 0.6 is 0 Å². The monoisotopic (exact) mass is 254 g/mol. The Balaban J connectivity index is 2.98. The van der Waals surface area contributed by atoms with Gasteiger partial charge in [-0.15, -0.1) is 0 Å². The van der Waals surface area contributed by atoms with Crippen LogP contribution in [0.4, 0.5) is 5.69 Å². The van der Waals surface area contributed by atoms with E-state index in [0.717, 1.165) is 0 Å². The first-order valence-electron chi connectivity index (χ1n) is 5.50. The zero-order valence-corrected chi connectivity index (χ0v) is 10.2. The second-order valence-electron chi connectivity index (χ2n) is 4.23. The zero-order valence-electron chi connectivity index (χ0n) is 10.2. The van der Waals surface area contributed by atoms with Crippen molar-refractivity contribution in [1.82, 2.24) is 5.32 Å². The summed E-state index contributed by atoms with van der Waals surface area (Å²) in [6.07, 6.45) is 0. The molecule has 0 aliphatic heterocycles. The van der Waals surface area contributed by atoms with Crippen molar-refractivity contribution in [3.05, 3.63) is 29.3 Å². The third-order valence-corrected chi connectivity index (χ3v) is 2.91. The maximum atomic E-state index is 12.0. The maximum absolute atomic E-state index is 12.0. The van der Waals surface area contributed by atoms with Crippen molar-refractivity contribution < 1.29 is 20.1 Å². The summed E-state index contributed by atoms with van der Waals surface area (Å²) in [5, 5.41) is 29.8. The van der Waals surface area contributed by atoms with E-state index < -0.39 is 31.3 Å². The molecule has 18 heavy (non-hydrogen) atoms. The number of nitrogens with two attached hydrogens (primary N) is 1. The van der Waals surface area contributed by atoms with Gasteiger partial charge in [-0.05, 0) is 24.6 Å². The molecule has 6 N–H and O–H groups in total. The van der Waals surface area contributed by atoms with Crippen molar-refractivity contribution in [1.29, 1.82) is 0 Å². The normalized spacial score (nSPS) is 11.3. The van der Waals surface area contributed by atoms with Crippen LogP contribution in [0, 0.1) is 6.92 Å². The summed E-state index contributed by atoms with van der Waals surface area (Å²) in [6.45, 7) is 0.00999. The summed E-state index contributed by atoms with van der Waals surface area (Å²) >= 11 is 0. The lowest BCUT2D eigenvalue weighted by molar-refractivity contribution is 0.0375. The van der Waals surface area contributed by atoms with E-state index >= 15 is 0 Å². The van der Waals surface area contributed by atoms with Crippen molar-refractivity contribution in [2.75, 3.05) is 25.6 Å². The maximum Gasteiger partial charge on any atom is 0.252 e. The van der Waals surface area contributed by atoms with Crippen LogP contribution < -0.4 is 11.1 Å². The van der Waals surface area contributed by atoms with Gasteiger partial charge in [0.15, 0.2) is 0 Å². The van der Waals surface area contributed by atoms with E-state index in [2.05, 4.69) is 5.32 Å². The number of rotatable bonds is 5. The molecule has 0 fully saturated rings. The Morgan fingerprint density at radius 2 is 1.83 bits per heavy atom. The molecule has 6 heteroatoms. The van der Waals surface area contributed by atoms with Gasteiger partial charge < -0.3 is 26.4 Å². The van der Waals surface area contributed by atoms with E-state index in [0.29, 0.717) is 16.8 Å². The van der Waals surface area contributed by atoms with Crippen molar-refractivity contribution in [3.8, 4) is 0 Å². The molecular formula is C12H18N2O4. The standard InChI is InChI=1S/C12H18N2O4/c1-8-9(3-2-4-10(8)13)11(18)14-12(5-15,6-16)7-17/h2-4,15-17H,5-7,13H2,1H3,(H,14,18). The zero-order chi connectivity index (χ0) is 13.8. The number of nitrogen functional groups attached to an aromatic ring is 1. The molecule has 0 radical (unpaired) electrons. The predicted molar refractivity (Wildman–Crippen MR) is 67.0 cm³/mol. The third-order valence-electron chi connectivity index (χ3n) is 2.91. The Hall–Kier alpha value is -1.63. The van der Waals surface area contributed by atoms with Gasteiger partial charge in [0.1, 0.15) is 5.54 Å². The molecular weight excluding hydrogens is 236 g/mol. The molecule has 100 valence electrons. The Morgan fingerprint density at radius 1 is 1.28 bits per heavy atom. The summed E-state index contributed by atoms with van der Waals surface area (Å²) in [5.41, 5.74) is 5.68. The Labute approximate surface area is 105 Å². The largest absolute Gasteiger partial charge is 0.398 e. The van der Waals surface area contributed by atoms with Crippen LogP contribution in [0.5, 0.6) is 0 Å². The van der Waals surface area contributed by atoms with Crippen LogP contribution in [0.1, 0.15) is 15.9 Å². The van der Waals surface area contributed by atoms with E-state index in [1.165, 1.54) is 0 Å². The molecule has 0 saturated heterocycles. The number of aliphatic hydroxyl groups excluding tert-OH is 3. The lowest BCUT2D eigenvalue weighted by atomic mass is 10.0. The molecule has 0 heterocycles. The number of aliphatic hydroxyl groups is 3. The van der Waals surface area contributed by atoms with Gasteiger partial charge in [-0.3, -0.25) is 4.79 Å². The number of anilines is 1. The van der Waals surface area contributed by atoms with Gasteiger partial charge in [0.2, 0.25) is 0 Å². The first-order chi connectivity index (χ1) is 8.49. The second-order valence-corrected chi connectivity index (χ2v) is 4.23. The number of carbonyl (C=O) groups is 1. The van der Waals surface area contributed by atoms with Crippen molar-refractivity contribution in [2.45, 2.75) is 12.5 Å². The number of benzene rings is 1. The van der Waals surface area contributed by atoms with Gasteiger partial charge in [-0.1, -0.05) is 6.07 Å². The van der Waals surface area contributed by atoms with Crippen LogP contribution in [0.3, 0.4) is 0 Å². The van der Waals surface area contributed by atoms with Gasteiger partial charge in [0.05, 0.1) is 19.8 Å². The van der Waals surface area contributed by atoms with Crippen LogP contribution in [0.2, 0.25) is 0 Å². The molecule has 1 amide bonds. The van der Waals surface area contributed by atoms with Crippen molar-refractivity contribution in [3.63, 3.8) is 0 Å². The van der Waals surface area contributed by atoms with Crippen LogP contribution in [0.25, 0.3) is 0 Å². The van der Waals surface area contributed by atoms with Crippen LogP contribution in [-0.2, 0) is 0 Å². The molecule has 0 unspecified atom stereocenters. The van der Waals surface area contributed by atoms with E-state index in [1.807, 2.05) is 0 Å². The molecule has 0 aliphatic rings. The Morgan fingerprint density at radius 3 is 2.33 bits per heavy atom. The molecule has 0 atom stereocenters. The average molecular weight is 254 g/mol. The van der Waals surface area contributed by atoms with E-state index in [4.69, 9.17) is 21.1 Å². The van der Waals surface area contributed by atoms with E-state index in [-0.39, 0.29) is 0 Å². The topological polar surface area (TPSA) is 116 Å². The molecule has 6 nitrogen and oxygen atoms in total. The summed E-state index contributed by atoms with van der Waals surface area (Å²) in [4.78, 5) is 12.0. The van der Waals surface area contributed by atoms with Gasteiger partial charge in [-0.25, -0.2) is 0 Å². The van der Waals surface area contributed by atoms with Gasteiger partial charge in [0.25, 0.3) is 5.91 Å². The van der Waals surface area contributed by atoms with Gasteiger partial charge >= 0.3 is 0 Å². The van der Waals surface area contributed by atoms with Gasteiger partial charge in [-0.2, -0.15) is 0 Å². The fourth-order valence-corrected chi connectivity index (χ4v) is 1.48. The number of hydrogen-bond acceptors (Lipinski definition) is 5. The predicted octanol–water partition coefficient (Wildman–Crippen LogP) is -0.977. The van der Waals surface area contributed by atoms with Crippen molar-refractivity contribution in [2.24, 2.45) is 0 Å². The number of nitrogens with one attached hydrogen (secondary N) is 1. The molecule has 1 aromatic carbocycles. The second kappa shape index (κ2) is 5.81. The highest BCUT2D eigenvalue weighted by atomic mass is 16.3. The minimum Gasteiger partial charge on any atom is -0.398 e.